The predicted molar refractivity (Wildman–Crippen MR) is 97.8 cm³/mol. The van der Waals surface area contributed by atoms with E-state index in [2.05, 4.69) is 0 Å². The van der Waals surface area contributed by atoms with Crippen LogP contribution in [-0.4, -0.2) is 49.2 Å². The number of hydrogen-bond acceptors (Lipinski definition) is 4. The summed E-state index contributed by atoms with van der Waals surface area (Å²) < 4.78 is 31.5. The Hall–Kier alpha value is -2.38. The zero-order valence-electron chi connectivity index (χ0n) is 14.4. The lowest BCUT2D eigenvalue weighted by molar-refractivity contribution is -0.146. The predicted octanol–water partition coefficient (Wildman–Crippen LogP) is 2.12. The molecule has 7 heteroatoms. The van der Waals surface area contributed by atoms with Gasteiger partial charge in [0.15, 0.2) is 0 Å². The first-order chi connectivity index (χ1) is 12.4. The van der Waals surface area contributed by atoms with Crippen molar-refractivity contribution in [2.45, 2.75) is 18.4 Å². The van der Waals surface area contributed by atoms with Crippen molar-refractivity contribution < 1.29 is 23.1 Å². The van der Waals surface area contributed by atoms with Crippen LogP contribution >= 0.6 is 0 Å². The number of carbonyl (C=O) groups is 1. The van der Waals surface area contributed by atoms with E-state index in [0.717, 1.165) is 15.4 Å². The van der Waals surface area contributed by atoms with E-state index >= 15 is 0 Å². The summed E-state index contributed by atoms with van der Waals surface area (Å²) in [6, 6.07) is 15.3. The summed E-state index contributed by atoms with van der Waals surface area (Å²) in [5, 5.41) is 9.52. The quantitative estimate of drug-likeness (QED) is 0.801. The van der Waals surface area contributed by atoms with Crippen LogP contribution in [0.2, 0.25) is 0 Å². The van der Waals surface area contributed by atoms with Crippen LogP contribution in [0.15, 0.2) is 54.6 Å². The van der Waals surface area contributed by atoms with E-state index < -0.39 is 22.0 Å². The Kier molecular flexibility index (Phi) is 5.29. The van der Waals surface area contributed by atoms with E-state index in [1.54, 1.807) is 19.2 Å². The van der Waals surface area contributed by atoms with Crippen LogP contribution in [0.1, 0.15) is 17.0 Å². The van der Waals surface area contributed by atoms with E-state index in [0.29, 0.717) is 12.2 Å². The van der Waals surface area contributed by atoms with E-state index in [4.69, 9.17) is 4.74 Å². The van der Waals surface area contributed by atoms with Gasteiger partial charge in [-0.15, -0.1) is 0 Å². The standard InChI is InChI=1S/C19H21NO5S/c1-25-16-9-7-14(8-10-16)11-12-26(23,24)20-13-17(18(20)19(21)22)15-5-3-2-4-6-15/h2-10,17-18H,11-13H2,1H3,(H,21,22)/t17-,18+/m1/s1. The number of benzene rings is 2. The zero-order chi connectivity index (χ0) is 18.7. The molecule has 1 fully saturated rings. The third kappa shape index (κ3) is 3.73. The van der Waals surface area contributed by atoms with Gasteiger partial charge in [0, 0.05) is 12.5 Å². The van der Waals surface area contributed by atoms with E-state index in [9.17, 15) is 18.3 Å². The summed E-state index contributed by atoms with van der Waals surface area (Å²) >= 11 is 0. The van der Waals surface area contributed by atoms with Gasteiger partial charge >= 0.3 is 5.97 Å². The minimum absolute atomic E-state index is 0.120. The lowest BCUT2D eigenvalue weighted by Crippen LogP contribution is -2.61. The van der Waals surface area contributed by atoms with Crippen LogP contribution in [0.4, 0.5) is 0 Å². The van der Waals surface area contributed by atoms with Gasteiger partial charge in [-0.05, 0) is 29.7 Å². The molecule has 0 saturated carbocycles. The van der Waals surface area contributed by atoms with Gasteiger partial charge in [0.25, 0.3) is 0 Å². The van der Waals surface area contributed by atoms with Crippen LogP contribution in [-0.2, 0) is 21.2 Å². The van der Waals surface area contributed by atoms with Crippen molar-refractivity contribution >= 4 is 16.0 Å². The van der Waals surface area contributed by atoms with Crippen molar-refractivity contribution in [1.82, 2.24) is 4.31 Å². The molecule has 1 saturated heterocycles. The number of carboxylic acid groups (broad SMARTS) is 1. The van der Waals surface area contributed by atoms with Crippen molar-refractivity contribution in [3.63, 3.8) is 0 Å². The third-order valence-corrected chi connectivity index (χ3v) is 6.52. The molecule has 6 nitrogen and oxygen atoms in total. The second-order valence-electron chi connectivity index (χ2n) is 6.28. The highest BCUT2D eigenvalue weighted by Gasteiger charge is 2.50. The smallest absolute Gasteiger partial charge is 0.322 e. The van der Waals surface area contributed by atoms with Gasteiger partial charge in [-0.2, -0.15) is 4.31 Å². The molecule has 1 aliphatic rings. The van der Waals surface area contributed by atoms with Crippen molar-refractivity contribution in [2.24, 2.45) is 0 Å². The second-order valence-corrected chi connectivity index (χ2v) is 8.33. The third-order valence-electron chi connectivity index (χ3n) is 4.71. The fourth-order valence-corrected chi connectivity index (χ4v) is 4.90. The van der Waals surface area contributed by atoms with Gasteiger partial charge in [-0.25, -0.2) is 8.42 Å². The highest BCUT2D eigenvalue weighted by Crippen LogP contribution is 2.36. The summed E-state index contributed by atoms with van der Waals surface area (Å²) in [7, 11) is -2.08. The Morgan fingerprint density at radius 3 is 2.38 bits per heavy atom. The van der Waals surface area contributed by atoms with Gasteiger partial charge < -0.3 is 9.84 Å². The zero-order valence-corrected chi connectivity index (χ0v) is 15.2. The molecule has 1 aliphatic heterocycles. The number of hydrogen-bond donors (Lipinski definition) is 1. The number of carboxylic acids is 1. The lowest BCUT2D eigenvalue weighted by atomic mass is 9.85. The normalized spacial score (nSPS) is 20.3. The Bertz CT molecular complexity index is 865. The number of ether oxygens (including phenoxy) is 1. The molecule has 0 unspecified atom stereocenters. The van der Waals surface area contributed by atoms with Crippen LogP contribution in [0, 0.1) is 0 Å². The first kappa shape index (κ1) is 18.4. The van der Waals surface area contributed by atoms with Crippen LogP contribution in [0.25, 0.3) is 0 Å². The molecule has 0 radical (unpaired) electrons. The second kappa shape index (κ2) is 7.47. The molecule has 1 heterocycles. The Balaban J connectivity index is 1.69. The molecule has 3 rings (SSSR count). The largest absolute Gasteiger partial charge is 0.497 e. The van der Waals surface area contributed by atoms with Crippen LogP contribution in [0.5, 0.6) is 5.75 Å². The molecule has 0 spiro atoms. The minimum atomic E-state index is -3.65. The molecular weight excluding hydrogens is 354 g/mol. The number of nitrogens with zero attached hydrogens (tertiary/aromatic N) is 1. The molecule has 26 heavy (non-hydrogen) atoms. The number of aliphatic carboxylic acids is 1. The number of sulfonamides is 1. The maximum absolute atomic E-state index is 12.6. The SMILES string of the molecule is COc1ccc(CCS(=O)(=O)N2C[C@H](c3ccccc3)[C@H]2C(=O)O)cc1. The van der Waals surface area contributed by atoms with E-state index in [1.165, 1.54) is 0 Å². The molecule has 138 valence electrons. The van der Waals surface area contributed by atoms with Gasteiger partial charge in [0.1, 0.15) is 11.8 Å². The van der Waals surface area contributed by atoms with Crippen molar-refractivity contribution in [3.05, 3.63) is 65.7 Å². The molecule has 0 bridgehead atoms. The monoisotopic (exact) mass is 375 g/mol. The molecule has 1 N–H and O–H groups in total. The number of aryl methyl sites for hydroxylation is 1. The molecule has 2 aromatic carbocycles. The Morgan fingerprint density at radius 2 is 1.81 bits per heavy atom. The first-order valence-corrected chi connectivity index (χ1v) is 9.93. The highest BCUT2D eigenvalue weighted by atomic mass is 32.2. The van der Waals surface area contributed by atoms with Crippen molar-refractivity contribution in [2.75, 3.05) is 19.4 Å². The van der Waals surface area contributed by atoms with Crippen molar-refractivity contribution in [1.29, 1.82) is 0 Å². The molecular formula is C19H21NO5S. The first-order valence-electron chi connectivity index (χ1n) is 8.32. The van der Waals surface area contributed by atoms with Crippen LogP contribution < -0.4 is 4.74 Å². The Labute approximate surface area is 153 Å². The maximum atomic E-state index is 12.6. The lowest BCUT2D eigenvalue weighted by Gasteiger charge is -2.44. The van der Waals surface area contributed by atoms with E-state index in [1.807, 2.05) is 42.5 Å². The maximum Gasteiger partial charge on any atom is 0.322 e. The average molecular weight is 375 g/mol. The van der Waals surface area contributed by atoms with Crippen LogP contribution in [0.3, 0.4) is 0 Å². The topological polar surface area (TPSA) is 83.9 Å². The molecule has 2 aromatic rings. The molecule has 0 aromatic heterocycles. The summed E-state index contributed by atoms with van der Waals surface area (Å²) in [5.41, 5.74) is 1.71. The Morgan fingerprint density at radius 1 is 1.15 bits per heavy atom. The summed E-state index contributed by atoms with van der Waals surface area (Å²) in [6.07, 6.45) is 0.325. The van der Waals surface area contributed by atoms with Gasteiger partial charge in [-0.1, -0.05) is 42.5 Å². The number of rotatable bonds is 7. The number of methoxy groups -OCH3 is 1. The summed E-state index contributed by atoms with van der Waals surface area (Å²) in [6.45, 7) is 0.200. The highest BCUT2D eigenvalue weighted by molar-refractivity contribution is 7.89. The summed E-state index contributed by atoms with van der Waals surface area (Å²) in [5.74, 6) is -0.844. The van der Waals surface area contributed by atoms with Gasteiger partial charge in [0.2, 0.25) is 10.0 Å². The molecule has 0 aliphatic carbocycles. The van der Waals surface area contributed by atoms with Crippen molar-refractivity contribution in [3.8, 4) is 5.75 Å². The fraction of sp³-hybridized carbons (Fsp3) is 0.316. The minimum Gasteiger partial charge on any atom is -0.497 e. The van der Waals surface area contributed by atoms with Gasteiger partial charge in [-0.3, -0.25) is 4.79 Å². The average Bonchev–Trinajstić information content (AvgIpc) is 2.60. The molecule has 2 atom stereocenters. The van der Waals surface area contributed by atoms with E-state index in [-0.39, 0.29) is 18.2 Å². The van der Waals surface area contributed by atoms with Gasteiger partial charge in [0.05, 0.1) is 12.9 Å². The molecule has 0 amide bonds. The summed E-state index contributed by atoms with van der Waals surface area (Å²) in [4.78, 5) is 11.6. The fourth-order valence-electron chi connectivity index (χ4n) is 3.20.